The summed E-state index contributed by atoms with van der Waals surface area (Å²) in [5, 5.41) is 12.8. The summed E-state index contributed by atoms with van der Waals surface area (Å²) in [7, 11) is -4.31. The first-order valence-electron chi connectivity index (χ1n) is 7.51. The van der Waals surface area contributed by atoms with Gasteiger partial charge in [-0.3, -0.25) is 0 Å². The Bertz CT molecular complexity index is 852. The van der Waals surface area contributed by atoms with Crippen LogP contribution in [0.1, 0.15) is 24.4 Å². The quantitative estimate of drug-likeness (QED) is 0.883. The van der Waals surface area contributed by atoms with Crippen molar-refractivity contribution >= 4 is 15.7 Å². The lowest BCUT2D eigenvalue weighted by Gasteiger charge is -2.35. The van der Waals surface area contributed by atoms with Gasteiger partial charge in [0.25, 0.3) is 0 Å². The minimum atomic E-state index is -4.65. The monoisotopic (exact) mass is 375 g/mol. The van der Waals surface area contributed by atoms with Crippen molar-refractivity contribution in [2.75, 3.05) is 18.0 Å². The van der Waals surface area contributed by atoms with Gasteiger partial charge in [-0.1, -0.05) is 5.21 Å². The molecular weight excluding hydrogens is 359 g/mol. The first kappa shape index (κ1) is 17.7. The Balaban J connectivity index is 1.98. The molecule has 0 amide bonds. The van der Waals surface area contributed by atoms with Gasteiger partial charge in [0.2, 0.25) is 10.0 Å². The summed E-state index contributed by atoms with van der Waals surface area (Å²) in [5.41, 5.74) is -0.884. The molecule has 0 bridgehead atoms. The van der Waals surface area contributed by atoms with Crippen molar-refractivity contribution in [2.45, 2.75) is 30.0 Å². The number of hydrogen-bond acceptors (Lipinski definition) is 5. The fourth-order valence-corrected chi connectivity index (χ4v) is 3.76. The van der Waals surface area contributed by atoms with Gasteiger partial charge >= 0.3 is 6.18 Å². The lowest BCUT2D eigenvalue weighted by Crippen LogP contribution is -2.38. The average molecular weight is 375 g/mol. The Morgan fingerprint density at radius 2 is 2.04 bits per heavy atom. The lowest BCUT2D eigenvalue weighted by molar-refractivity contribution is -0.137. The summed E-state index contributed by atoms with van der Waals surface area (Å²) in [6.07, 6.45) is 0.123. The number of halogens is 3. The summed E-state index contributed by atoms with van der Waals surface area (Å²) in [4.78, 5) is 1.19. The Morgan fingerprint density at radius 3 is 2.64 bits per heavy atom. The van der Waals surface area contributed by atoms with Crippen LogP contribution < -0.4 is 10.0 Å². The standard InChI is InChI=1S/C14H16F3N5O2S/c15-14(16,17)10-3-4-12(13(8-10)25(18,23)24)21-6-1-2-11(9-21)22-7-5-19-20-22/h3-5,7-8,11H,1-2,6,9H2,(H2,18,23,24). The summed E-state index contributed by atoms with van der Waals surface area (Å²) in [5.74, 6) is 0. The second kappa shape index (κ2) is 6.30. The van der Waals surface area contributed by atoms with E-state index in [-0.39, 0.29) is 11.7 Å². The van der Waals surface area contributed by atoms with E-state index in [1.165, 1.54) is 6.20 Å². The predicted octanol–water partition coefficient (Wildman–Crippen LogP) is 1.79. The van der Waals surface area contributed by atoms with Gasteiger partial charge in [-0.05, 0) is 31.0 Å². The highest BCUT2D eigenvalue weighted by Gasteiger charge is 2.34. The molecule has 25 heavy (non-hydrogen) atoms. The Labute approximate surface area is 142 Å². The first-order valence-corrected chi connectivity index (χ1v) is 9.05. The number of anilines is 1. The number of aromatic nitrogens is 3. The van der Waals surface area contributed by atoms with E-state index in [0.717, 1.165) is 25.0 Å². The zero-order chi connectivity index (χ0) is 18.2. The minimum Gasteiger partial charge on any atom is -0.368 e. The van der Waals surface area contributed by atoms with Crippen LogP contribution in [0.3, 0.4) is 0 Å². The second-order valence-corrected chi connectivity index (χ2v) is 7.38. The highest BCUT2D eigenvalue weighted by Crippen LogP contribution is 2.36. The fourth-order valence-electron chi connectivity index (χ4n) is 2.98. The highest BCUT2D eigenvalue weighted by molar-refractivity contribution is 7.89. The van der Waals surface area contributed by atoms with Crippen LogP contribution in [0, 0.1) is 0 Å². The van der Waals surface area contributed by atoms with Crippen LogP contribution in [0.5, 0.6) is 0 Å². The third-order valence-electron chi connectivity index (χ3n) is 4.15. The third-order valence-corrected chi connectivity index (χ3v) is 5.09. The van der Waals surface area contributed by atoms with Crippen LogP contribution in [0.15, 0.2) is 35.5 Å². The minimum absolute atomic E-state index is 0.0492. The summed E-state index contributed by atoms with van der Waals surface area (Å²) in [6, 6.07) is 2.56. The van der Waals surface area contributed by atoms with E-state index < -0.39 is 26.7 Å². The number of primary sulfonamides is 1. The van der Waals surface area contributed by atoms with Crippen LogP contribution >= 0.6 is 0 Å². The van der Waals surface area contributed by atoms with E-state index in [1.807, 2.05) is 0 Å². The topological polar surface area (TPSA) is 94.1 Å². The molecule has 2 heterocycles. The Kier molecular flexibility index (Phi) is 4.45. The highest BCUT2D eigenvalue weighted by atomic mass is 32.2. The molecule has 1 saturated heterocycles. The number of alkyl halides is 3. The van der Waals surface area contributed by atoms with Gasteiger partial charge in [0, 0.05) is 19.3 Å². The molecule has 1 aliphatic rings. The van der Waals surface area contributed by atoms with Crippen LogP contribution in [-0.4, -0.2) is 36.5 Å². The van der Waals surface area contributed by atoms with Crippen molar-refractivity contribution in [1.82, 2.24) is 15.0 Å². The average Bonchev–Trinajstić information content (AvgIpc) is 3.07. The van der Waals surface area contributed by atoms with E-state index in [2.05, 4.69) is 10.3 Å². The molecule has 136 valence electrons. The van der Waals surface area contributed by atoms with Gasteiger partial charge in [0.05, 0.1) is 23.5 Å². The van der Waals surface area contributed by atoms with Crippen molar-refractivity contribution < 1.29 is 21.6 Å². The summed E-state index contributed by atoms with van der Waals surface area (Å²) >= 11 is 0. The van der Waals surface area contributed by atoms with Crippen LogP contribution in [-0.2, 0) is 16.2 Å². The molecule has 3 rings (SSSR count). The summed E-state index contributed by atoms with van der Waals surface area (Å²) in [6.45, 7) is 0.913. The molecule has 1 aliphatic heterocycles. The Hall–Kier alpha value is -2.14. The molecular formula is C14H16F3N5O2S. The molecule has 1 aromatic carbocycles. The molecule has 1 aromatic heterocycles. The van der Waals surface area contributed by atoms with E-state index in [0.29, 0.717) is 19.2 Å². The SMILES string of the molecule is NS(=O)(=O)c1cc(C(F)(F)F)ccc1N1CCCC(n2ccnn2)C1. The normalized spacial score (nSPS) is 19.2. The largest absolute Gasteiger partial charge is 0.416 e. The van der Waals surface area contributed by atoms with Gasteiger partial charge in [-0.2, -0.15) is 13.2 Å². The number of nitrogens with zero attached hydrogens (tertiary/aromatic N) is 4. The van der Waals surface area contributed by atoms with Crippen molar-refractivity contribution in [3.8, 4) is 0 Å². The van der Waals surface area contributed by atoms with Crippen molar-refractivity contribution in [1.29, 1.82) is 0 Å². The maximum Gasteiger partial charge on any atom is 0.416 e. The molecule has 11 heteroatoms. The first-order chi connectivity index (χ1) is 11.7. The molecule has 2 aromatic rings. The Morgan fingerprint density at radius 1 is 1.28 bits per heavy atom. The molecule has 1 unspecified atom stereocenters. The van der Waals surface area contributed by atoms with Crippen molar-refractivity contribution in [2.24, 2.45) is 5.14 Å². The zero-order valence-corrected chi connectivity index (χ0v) is 13.8. The fraction of sp³-hybridized carbons (Fsp3) is 0.429. The molecule has 1 fully saturated rings. The number of rotatable bonds is 3. The van der Waals surface area contributed by atoms with E-state index in [9.17, 15) is 21.6 Å². The van der Waals surface area contributed by atoms with Gasteiger partial charge < -0.3 is 4.90 Å². The van der Waals surface area contributed by atoms with Crippen LogP contribution in [0.2, 0.25) is 0 Å². The molecule has 7 nitrogen and oxygen atoms in total. The maximum absolute atomic E-state index is 12.9. The van der Waals surface area contributed by atoms with Gasteiger partial charge in [0.15, 0.2) is 0 Å². The molecule has 2 N–H and O–H groups in total. The number of hydrogen-bond donors (Lipinski definition) is 1. The van der Waals surface area contributed by atoms with Crippen molar-refractivity contribution in [3.63, 3.8) is 0 Å². The number of benzene rings is 1. The number of sulfonamides is 1. The van der Waals surface area contributed by atoms with Crippen LogP contribution in [0.4, 0.5) is 18.9 Å². The molecule has 0 saturated carbocycles. The molecule has 0 spiro atoms. The van der Waals surface area contributed by atoms with E-state index in [1.54, 1.807) is 15.8 Å². The lowest BCUT2D eigenvalue weighted by atomic mass is 10.0. The number of nitrogens with two attached hydrogens (primary N) is 1. The smallest absolute Gasteiger partial charge is 0.368 e. The van der Waals surface area contributed by atoms with Gasteiger partial charge in [0.1, 0.15) is 4.90 Å². The number of piperidine rings is 1. The maximum atomic E-state index is 12.9. The molecule has 0 radical (unpaired) electrons. The zero-order valence-electron chi connectivity index (χ0n) is 13.0. The van der Waals surface area contributed by atoms with E-state index >= 15 is 0 Å². The summed E-state index contributed by atoms with van der Waals surface area (Å²) < 4.78 is 64.1. The van der Waals surface area contributed by atoms with E-state index in [4.69, 9.17) is 5.14 Å². The van der Waals surface area contributed by atoms with Gasteiger partial charge in [-0.15, -0.1) is 5.10 Å². The molecule has 0 aliphatic carbocycles. The molecule has 1 atom stereocenters. The predicted molar refractivity (Wildman–Crippen MR) is 83.3 cm³/mol. The third kappa shape index (κ3) is 3.76. The van der Waals surface area contributed by atoms with Crippen molar-refractivity contribution in [3.05, 3.63) is 36.2 Å². The van der Waals surface area contributed by atoms with Gasteiger partial charge in [-0.25, -0.2) is 18.2 Å². The second-order valence-electron chi connectivity index (χ2n) is 5.85. The van der Waals surface area contributed by atoms with Crippen LogP contribution in [0.25, 0.3) is 0 Å².